The van der Waals surface area contributed by atoms with E-state index in [0.717, 1.165) is 28.7 Å². The highest BCUT2D eigenvalue weighted by Crippen LogP contribution is 2.24. The third-order valence-corrected chi connectivity index (χ3v) is 2.62. The number of aryl methyl sites for hydroxylation is 2. The fraction of sp³-hybridized carbons (Fsp3) is 0.308. The molecule has 1 aromatic carbocycles. The van der Waals surface area contributed by atoms with E-state index in [4.69, 9.17) is 16.3 Å². The summed E-state index contributed by atoms with van der Waals surface area (Å²) in [6.45, 7) is 6.22. The van der Waals surface area contributed by atoms with Crippen LogP contribution < -0.4 is 4.74 Å². The van der Waals surface area contributed by atoms with Crippen molar-refractivity contribution in [3.05, 3.63) is 39.9 Å². The maximum Gasteiger partial charge on any atom is 0.150 e. The first-order chi connectivity index (χ1) is 7.58. The van der Waals surface area contributed by atoms with E-state index in [1.807, 2.05) is 32.9 Å². The average Bonchev–Trinajstić information content (AvgIpc) is 2.27. The molecule has 0 aliphatic rings. The molecule has 0 saturated carbocycles. The molecule has 2 nitrogen and oxygen atoms in total. The second-order valence-corrected chi connectivity index (χ2v) is 4.06. The number of carbonyl (C=O) groups is 1. The van der Waals surface area contributed by atoms with Crippen LogP contribution in [-0.2, 0) is 0 Å². The van der Waals surface area contributed by atoms with Gasteiger partial charge >= 0.3 is 0 Å². The molecule has 0 heterocycles. The molecule has 0 N–H and O–H groups in total. The summed E-state index contributed by atoms with van der Waals surface area (Å²) < 4.78 is 5.65. The van der Waals surface area contributed by atoms with Crippen LogP contribution in [0.5, 0.6) is 5.75 Å². The molecule has 0 saturated heterocycles. The Hall–Kier alpha value is -1.28. The van der Waals surface area contributed by atoms with Gasteiger partial charge in [-0.2, -0.15) is 0 Å². The van der Waals surface area contributed by atoms with E-state index in [-0.39, 0.29) is 0 Å². The Kier molecular flexibility index (Phi) is 4.56. The minimum Gasteiger partial charge on any atom is -0.489 e. The van der Waals surface area contributed by atoms with Crippen LogP contribution >= 0.6 is 11.6 Å². The molecule has 1 aromatic rings. The Bertz CT molecular complexity index is 399. The van der Waals surface area contributed by atoms with Crippen molar-refractivity contribution in [2.75, 3.05) is 6.61 Å². The van der Waals surface area contributed by atoms with Gasteiger partial charge in [-0.3, -0.25) is 4.79 Å². The topological polar surface area (TPSA) is 26.3 Å². The van der Waals surface area contributed by atoms with Gasteiger partial charge in [0.1, 0.15) is 18.6 Å². The third-order valence-electron chi connectivity index (χ3n) is 2.25. The molecular weight excluding hydrogens is 224 g/mol. The smallest absolute Gasteiger partial charge is 0.150 e. The van der Waals surface area contributed by atoms with Crippen molar-refractivity contribution in [3.63, 3.8) is 0 Å². The van der Waals surface area contributed by atoms with Gasteiger partial charge in [-0.05, 0) is 49.6 Å². The second kappa shape index (κ2) is 5.71. The highest BCUT2D eigenvalue weighted by atomic mass is 35.5. The molecule has 0 atom stereocenters. The number of rotatable bonds is 4. The fourth-order valence-corrected chi connectivity index (χ4v) is 1.56. The Morgan fingerprint density at radius 3 is 2.38 bits per heavy atom. The van der Waals surface area contributed by atoms with Crippen LogP contribution in [0.3, 0.4) is 0 Å². The van der Waals surface area contributed by atoms with E-state index < -0.39 is 0 Å². The fourth-order valence-electron chi connectivity index (χ4n) is 1.50. The number of carbonyl (C=O) groups excluding carboxylic acids is 1. The van der Waals surface area contributed by atoms with Crippen LogP contribution in [0.15, 0.2) is 23.2 Å². The highest BCUT2D eigenvalue weighted by Gasteiger charge is 2.06. The maximum atomic E-state index is 10.7. The normalized spacial score (nSPS) is 11.4. The lowest BCUT2D eigenvalue weighted by Crippen LogP contribution is -2.02. The van der Waals surface area contributed by atoms with E-state index in [1.54, 1.807) is 0 Å². The number of aldehydes is 1. The van der Waals surface area contributed by atoms with E-state index >= 15 is 0 Å². The molecule has 16 heavy (non-hydrogen) atoms. The highest BCUT2D eigenvalue weighted by molar-refractivity contribution is 6.25. The second-order valence-electron chi connectivity index (χ2n) is 3.85. The summed E-state index contributed by atoms with van der Waals surface area (Å²) in [7, 11) is 0. The van der Waals surface area contributed by atoms with Crippen molar-refractivity contribution in [1.82, 2.24) is 0 Å². The van der Waals surface area contributed by atoms with Crippen molar-refractivity contribution >= 4 is 17.9 Å². The molecular formula is C13H15ClO2. The Balaban J connectivity index is 2.92. The average molecular weight is 239 g/mol. The summed E-state index contributed by atoms with van der Waals surface area (Å²) in [5, 5.41) is 0. The first-order valence-electron chi connectivity index (χ1n) is 5.03. The summed E-state index contributed by atoms with van der Waals surface area (Å²) in [5.41, 5.74) is 5.06. The molecule has 0 aliphatic heterocycles. The lowest BCUT2D eigenvalue weighted by molar-refractivity contribution is 0.112. The van der Waals surface area contributed by atoms with E-state index in [9.17, 15) is 4.79 Å². The Morgan fingerprint density at radius 2 is 1.94 bits per heavy atom. The van der Waals surface area contributed by atoms with Crippen LogP contribution in [0.4, 0.5) is 0 Å². The lowest BCUT2D eigenvalue weighted by atomic mass is 10.1. The molecule has 0 aliphatic carbocycles. The van der Waals surface area contributed by atoms with Gasteiger partial charge in [-0.25, -0.2) is 0 Å². The standard InChI is InChI=1S/C13H15ClO2/c1-9(6-14)8-16-13-10(2)4-12(7-15)5-11(13)3/h4-7H,8H2,1-3H3. The molecule has 0 unspecified atom stereocenters. The molecule has 0 aromatic heterocycles. The predicted molar refractivity (Wildman–Crippen MR) is 66.4 cm³/mol. The number of halogens is 1. The predicted octanol–water partition coefficient (Wildman–Crippen LogP) is 3.64. The van der Waals surface area contributed by atoms with Crippen molar-refractivity contribution in [2.45, 2.75) is 20.8 Å². The minimum absolute atomic E-state index is 0.464. The van der Waals surface area contributed by atoms with Crippen LogP contribution in [0.25, 0.3) is 0 Å². The number of ether oxygens (including phenoxy) is 1. The maximum absolute atomic E-state index is 10.7. The van der Waals surface area contributed by atoms with Crippen molar-refractivity contribution in [3.8, 4) is 5.75 Å². The minimum atomic E-state index is 0.464. The van der Waals surface area contributed by atoms with Gasteiger partial charge in [0.15, 0.2) is 0 Å². The van der Waals surface area contributed by atoms with E-state index in [0.29, 0.717) is 12.2 Å². The molecule has 0 amide bonds. The molecule has 1 rings (SSSR count). The van der Waals surface area contributed by atoms with Gasteiger partial charge in [0.05, 0.1) is 0 Å². The van der Waals surface area contributed by atoms with Crippen LogP contribution in [-0.4, -0.2) is 12.9 Å². The van der Waals surface area contributed by atoms with Crippen LogP contribution in [0.1, 0.15) is 28.4 Å². The zero-order valence-electron chi connectivity index (χ0n) is 9.71. The molecule has 0 fully saturated rings. The van der Waals surface area contributed by atoms with Gasteiger partial charge in [-0.15, -0.1) is 0 Å². The molecule has 0 radical (unpaired) electrons. The number of hydrogen-bond donors (Lipinski definition) is 0. The number of benzene rings is 1. The van der Waals surface area contributed by atoms with Gasteiger partial charge in [0, 0.05) is 11.1 Å². The van der Waals surface area contributed by atoms with Crippen LogP contribution in [0.2, 0.25) is 0 Å². The summed E-state index contributed by atoms with van der Waals surface area (Å²) in [4.78, 5) is 10.7. The van der Waals surface area contributed by atoms with Crippen molar-refractivity contribution in [2.24, 2.45) is 0 Å². The largest absolute Gasteiger partial charge is 0.489 e. The molecule has 86 valence electrons. The van der Waals surface area contributed by atoms with Crippen molar-refractivity contribution in [1.29, 1.82) is 0 Å². The Labute approximate surface area is 101 Å². The first-order valence-corrected chi connectivity index (χ1v) is 5.47. The molecule has 0 spiro atoms. The van der Waals surface area contributed by atoms with Crippen molar-refractivity contribution < 1.29 is 9.53 Å². The SMILES string of the molecule is CC(=CCl)COc1c(C)cc(C=O)cc1C. The van der Waals surface area contributed by atoms with Crippen LogP contribution in [0, 0.1) is 13.8 Å². The van der Waals surface area contributed by atoms with Gasteiger partial charge in [0.2, 0.25) is 0 Å². The van der Waals surface area contributed by atoms with E-state index in [1.165, 1.54) is 5.54 Å². The summed E-state index contributed by atoms with van der Waals surface area (Å²) in [5.74, 6) is 0.823. The summed E-state index contributed by atoms with van der Waals surface area (Å²) >= 11 is 5.56. The van der Waals surface area contributed by atoms with E-state index in [2.05, 4.69) is 0 Å². The summed E-state index contributed by atoms with van der Waals surface area (Å²) in [6, 6.07) is 3.63. The van der Waals surface area contributed by atoms with Gasteiger partial charge in [0.25, 0.3) is 0 Å². The molecule has 3 heteroatoms. The monoisotopic (exact) mass is 238 g/mol. The molecule has 0 bridgehead atoms. The Morgan fingerprint density at radius 1 is 1.38 bits per heavy atom. The first kappa shape index (κ1) is 12.8. The number of hydrogen-bond acceptors (Lipinski definition) is 2. The zero-order chi connectivity index (χ0) is 12.1. The van der Waals surface area contributed by atoms with Gasteiger partial charge in [-0.1, -0.05) is 11.6 Å². The zero-order valence-corrected chi connectivity index (χ0v) is 10.5. The third kappa shape index (κ3) is 3.11. The lowest BCUT2D eigenvalue weighted by Gasteiger charge is -2.12. The quantitative estimate of drug-likeness (QED) is 0.749. The summed E-state index contributed by atoms with van der Waals surface area (Å²) in [6.07, 6.45) is 0.841. The van der Waals surface area contributed by atoms with Gasteiger partial charge < -0.3 is 4.74 Å².